The predicted octanol–water partition coefficient (Wildman–Crippen LogP) is 1.71. The van der Waals surface area contributed by atoms with Gasteiger partial charge in [-0.25, -0.2) is 8.42 Å². The van der Waals surface area contributed by atoms with Gasteiger partial charge in [-0.15, -0.1) is 0 Å². The highest BCUT2D eigenvalue weighted by Gasteiger charge is 2.19. The minimum absolute atomic E-state index is 0.209. The van der Waals surface area contributed by atoms with Crippen molar-refractivity contribution in [2.75, 3.05) is 5.73 Å². The van der Waals surface area contributed by atoms with Gasteiger partial charge in [-0.05, 0) is 30.7 Å². The van der Waals surface area contributed by atoms with Gasteiger partial charge in [-0.1, -0.05) is 6.92 Å². The van der Waals surface area contributed by atoms with Crippen molar-refractivity contribution in [3.63, 3.8) is 0 Å². The van der Waals surface area contributed by atoms with E-state index in [4.69, 9.17) is 5.73 Å². The lowest BCUT2D eigenvalue weighted by Gasteiger charge is -2.02. The molecule has 0 fully saturated rings. The van der Waals surface area contributed by atoms with Crippen LogP contribution in [-0.4, -0.2) is 18.2 Å². The summed E-state index contributed by atoms with van der Waals surface area (Å²) in [6.07, 6.45) is 3.83. The molecule has 0 aliphatic carbocycles. The third-order valence-electron chi connectivity index (χ3n) is 2.56. The normalized spacial score (nSPS) is 11.6. The van der Waals surface area contributed by atoms with Gasteiger partial charge in [0.1, 0.15) is 4.90 Å². The van der Waals surface area contributed by atoms with Crippen LogP contribution in [-0.2, 0) is 16.4 Å². The van der Waals surface area contributed by atoms with Crippen LogP contribution in [0.4, 0.5) is 5.69 Å². The Labute approximate surface area is 106 Å². The summed E-state index contributed by atoms with van der Waals surface area (Å²) in [5.74, 6) is 0. The second-order valence-electron chi connectivity index (χ2n) is 4.01. The Morgan fingerprint density at radius 1 is 1.22 bits per heavy atom. The fraction of sp³-hybridized carbons (Fsp3) is 0.250. The van der Waals surface area contributed by atoms with Crippen molar-refractivity contribution in [2.45, 2.75) is 29.7 Å². The van der Waals surface area contributed by atoms with Crippen LogP contribution in [0.25, 0.3) is 0 Å². The molecule has 2 aromatic rings. The zero-order valence-corrected chi connectivity index (χ0v) is 10.9. The Bertz CT molecular complexity index is 630. The van der Waals surface area contributed by atoms with Crippen molar-refractivity contribution in [2.24, 2.45) is 0 Å². The predicted molar refractivity (Wildman–Crippen MR) is 68.8 cm³/mol. The van der Waals surface area contributed by atoms with E-state index < -0.39 is 9.84 Å². The summed E-state index contributed by atoms with van der Waals surface area (Å²) < 4.78 is 26.2. The molecule has 0 unspecified atom stereocenters. The molecule has 96 valence electrons. The number of benzene rings is 1. The Morgan fingerprint density at radius 3 is 2.50 bits per heavy atom. The lowest BCUT2D eigenvalue weighted by Crippen LogP contribution is -2.01. The van der Waals surface area contributed by atoms with Crippen LogP contribution in [0.5, 0.6) is 0 Å². The fourth-order valence-electron chi connectivity index (χ4n) is 1.62. The second-order valence-corrected chi connectivity index (χ2v) is 5.96. The average Bonchev–Trinajstić information content (AvgIpc) is 2.79. The van der Waals surface area contributed by atoms with Crippen molar-refractivity contribution < 1.29 is 8.42 Å². The highest BCUT2D eigenvalue weighted by atomic mass is 32.2. The molecule has 2 N–H and O–H groups in total. The number of aromatic nitrogens is 2. The molecule has 0 aliphatic heterocycles. The van der Waals surface area contributed by atoms with E-state index in [0.717, 1.165) is 6.42 Å². The van der Waals surface area contributed by atoms with Crippen LogP contribution in [0, 0.1) is 0 Å². The van der Waals surface area contributed by atoms with E-state index >= 15 is 0 Å². The molecular formula is C12H15N3O2S. The van der Waals surface area contributed by atoms with Gasteiger partial charge in [0.2, 0.25) is 9.84 Å². The van der Waals surface area contributed by atoms with Crippen LogP contribution >= 0.6 is 0 Å². The van der Waals surface area contributed by atoms with Crippen molar-refractivity contribution >= 4 is 15.5 Å². The van der Waals surface area contributed by atoms with Gasteiger partial charge in [0.25, 0.3) is 0 Å². The molecule has 2 rings (SSSR count). The van der Waals surface area contributed by atoms with Crippen molar-refractivity contribution in [1.29, 1.82) is 0 Å². The number of rotatable bonds is 4. The molecule has 5 nitrogen and oxygen atoms in total. The summed E-state index contributed by atoms with van der Waals surface area (Å²) in [5, 5.41) is 4.03. The third kappa shape index (κ3) is 2.38. The molecule has 18 heavy (non-hydrogen) atoms. The number of aryl methyl sites for hydroxylation is 1. The summed E-state index contributed by atoms with van der Waals surface area (Å²) in [5.41, 5.74) is 6.08. The summed E-state index contributed by atoms with van der Waals surface area (Å²) in [4.78, 5) is 0.438. The molecule has 0 saturated carbocycles. The lowest BCUT2D eigenvalue weighted by molar-refractivity contribution is 0.591. The van der Waals surface area contributed by atoms with Crippen LogP contribution in [0.1, 0.15) is 13.3 Å². The first-order valence-corrected chi connectivity index (χ1v) is 7.15. The molecule has 1 aromatic carbocycles. The number of nitrogens with zero attached hydrogens (tertiary/aromatic N) is 2. The number of sulfone groups is 1. The maximum absolute atomic E-state index is 12.3. The molecule has 0 aliphatic rings. The second kappa shape index (κ2) is 4.81. The quantitative estimate of drug-likeness (QED) is 0.854. The van der Waals surface area contributed by atoms with Crippen LogP contribution in [0.2, 0.25) is 0 Å². The first-order chi connectivity index (χ1) is 8.54. The topological polar surface area (TPSA) is 78.0 Å². The van der Waals surface area contributed by atoms with Crippen LogP contribution in [0.15, 0.2) is 46.5 Å². The third-order valence-corrected chi connectivity index (χ3v) is 4.29. The molecular weight excluding hydrogens is 250 g/mol. The Balaban J connectivity index is 2.38. The SMILES string of the molecule is CCCn1cc(S(=O)(=O)c2ccc(N)cc2)cn1. The molecule has 0 amide bonds. The van der Waals surface area contributed by atoms with E-state index in [9.17, 15) is 8.42 Å². The van der Waals surface area contributed by atoms with E-state index in [1.807, 2.05) is 6.92 Å². The van der Waals surface area contributed by atoms with E-state index in [-0.39, 0.29) is 9.79 Å². The maximum atomic E-state index is 12.3. The summed E-state index contributed by atoms with van der Waals surface area (Å²) in [6.45, 7) is 2.72. The molecule has 0 radical (unpaired) electrons. The molecule has 0 spiro atoms. The van der Waals surface area contributed by atoms with E-state index in [0.29, 0.717) is 12.2 Å². The van der Waals surface area contributed by atoms with Gasteiger partial charge >= 0.3 is 0 Å². The molecule has 1 aromatic heterocycles. The highest BCUT2D eigenvalue weighted by molar-refractivity contribution is 7.91. The standard InChI is InChI=1S/C12H15N3O2S/c1-2-7-15-9-12(8-14-15)18(16,17)11-5-3-10(13)4-6-11/h3-6,8-9H,2,7,13H2,1H3. The summed E-state index contributed by atoms with van der Waals surface area (Å²) in [6, 6.07) is 6.15. The van der Waals surface area contributed by atoms with E-state index in [2.05, 4.69) is 5.10 Å². The number of hydrogen-bond donors (Lipinski definition) is 1. The minimum atomic E-state index is -3.49. The number of hydrogen-bond acceptors (Lipinski definition) is 4. The summed E-state index contributed by atoms with van der Waals surface area (Å²) in [7, 11) is -3.49. The first-order valence-electron chi connectivity index (χ1n) is 5.67. The Hall–Kier alpha value is -1.82. The van der Waals surface area contributed by atoms with Crippen molar-refractivity contribution in [3.05, 3.63) is 36.7 Å². The highest BCUT2D eigenvalue weighted by Crippen LogP contribution is 2.21. The number of anilines is 1. The molecule has 0 atom stereocenters. The average molecular weight is 265 g/mol. The van der Waals surface area contributed by atoms with Crippen LogP contribution < -0.4 is 5.73 Å². The first kappa shape index (κ1) is 12.6. The van der Waals surface area contributed by atoms with Crippen molar-refractivity contribution in [3.8, 4) is 0 Å². The van der Waals surface area contributed by atoms with Crippen LogP contribution in [0.3, 0.4) is 0 Å². The lowest BCUT2D eigenvalue weighted by atomic mass is 10.3. The van der Waals surface area contributed by atoms with Gasteiger partial charge in [0.15, 0.2) is 0 Å². The Kier molecular flexibility index (Phi) is 3.38. The van der Waals surface area contributed by atoms with Gasteiger partial charge in [0, 0.05) is 18.4 Å². The number of nitrogens with two attached hydrogens (primary N) is 1. The molecule has 0 bridgehead atoms. The molecule has 1 heterocycles. The minimum Gasteiger partial charge on any atom is -0.399 e. The maximum Gasteiger partial charge on any atom is 0.209 e. The monoisotopic (exact) mass is 265 g/mol. The largest absolute Gasteiger partial charge is 0.399 e. The Morgan fingerprint density at radius 2 is 1.89 bits per heavy atom. The fourth-order valence-corrected chi connectivity index (χ4v) is 2.83. The van der Waals surface area contributed by atoms with E-state index in [1.54, 1.807) is 23.0 Å². The number of nitrogen functional groups attached to an aromatic ring is 1. The van der Waals surface area contributed by atoms with Gasteiger partial charge < -0.3 is 5.73 Å². The molecule has 0 saturated heterocycles. The van der Waals surface area contributed by atoms with Gasteiger partial charge in [-0.3, -0.25) is 4.68 Å². The van der Waals surface area contributed by atoms with E-state index in [1.165, 1.54) is 18.3 Å². The smallest absolute Gasteiger partial charge is 0.209 e. The zero-order valence-electron chi connectivity index (χ0n) is 10.1. The summed E-state index contributed by atoms with van der Waals surface area (Å²) >= 11 is 0. The van der Waals surface area contributed by atoms with Gasteiger partial charge in [-0.2, -0.15) is 5.10 Å². The molecule has 6 heteroatoms. The van der Waals surface area contributed by atoms with Crippen molar-refractivity contribution in [1.82, 2.24) is 9.78 Å². The zero-order chi connectivity index (χ0) is 13.2. The van der Waals surface area contributed by atoms with Gasteiger partial charge in [0.05, 0.1) is 11.1 Å².